The van der Waals surface area contributed by atoms with E-state index in [1.807, 2.05) is 6.07 Å². The van der Waals surface area contributed by atoms with Crippen molar-refractivity contribution in [1.29, 1.82) is 0 Å². The lowest BCUT2D eigenvalue weighted by molar-refractivity contribution is 0.0506. The number of benzene rings is 1. The molecule has 2 aromatic rings. The molecule has 0 bridgehead atoms. The number of esters is 1. The molecule has 0 atom stereocenters. The number of nitrogens with zero attached hydrogens (tertiary/aromatic N) is 1. The molecular weight excluding hydrogens is 373 g/mol. The Labute approximate surface area is 128 Å². The van der Waals surface area contributed by atoms with Crippen molar-refractivity contribution in [3.63, 3.8) is 0 Å². The number of rotatable bonds is 2. The molecular formula is C14H12INO4. The van der Waals surface area contributed by atoms with E-state index >= 15 is 0 Å². The number of hydrogen-bond donors (Lipinski definition) is 0. The molecule has 0 radical (unpaired) electrons. The first-order chi connectivity index (χ1) is 9.61. The van der Waals surface area contributed by atoms with Crippen LogP contribution in [0.4, 0.5) is 0 Å². The maximum Gasteiger partial charge on any atom is 0.343 e. The Morgan fingerprint density at radius 1 is 1.50 bits per heavy atom. The van der Waals surface area contributed by atoms with Crippen molar-refractivity contribution in [2.24, 2.45) is 0 Å². The van der Waals surface area contributed by atoms with Crippen LogP contribution in [0.2, 0.25) is 0 Å². The standard InChI is InChI=1S/C14H12INO4/c1-2-20-14(18)11-5-16-7-19-6-8-3-9(15)4-10(12(8)16)13(11)17/h3-5H,2,6-7H2,1H3. The summed E-state index contributed by atoms with van der Waals surface area (Å²) in [6.45, 7) is 2.76. The predicted molar refractivity (Wildman–Crippen MR) is 81.7 cm³/mol. The van der Waals surface area contributed by atoms with Crippen molar-refractivity contribution in [2.45, 2.75) is 20.3 Å². The number of carbonyl (C=O) groups is 1. The molecule has 1 aliphatic heterocycles. The Balaban J connectivity index is 2.34. The van der Waals surface area contributed by atoms with E-state index in [9.17, 15) is 9.59 Å². The summed E-state index contributed by atoms with van der Waals surface area (Å²) in [4.78, 5) is 24.4. The lowest BCUT2D eigenvalue weighted by Gasteiger charge is -2.21. The molecule has 0 amide bonds. The summed E-state index contributed by atoms with van der Waals surface area (Å²) >= 11 is 2.16. The molecule has 1 aromatic heterocycles. The van der Waals surface area contributed by atoms with Crippen LogP contribution in [0.15, 0.2) is 23.1 Å². The van der Waals surface area contributed by atoms with Gasteiger partial charge in [0.15, 0.2) is 0 Å². The van der Waals surface area contributed by atoms with Crippen LogP contribution in [-0.4, -0.2) is 17.1 Å². The van der Waals surface area contributed by atoms with Crippen LogP contribution in [-0.2, 0) is 22.8 Å². The number of halogens is 1. The van der Waals surface area contributed by atoms with Gasteiger partial charge < -0.3 is 14.0 Å². The van der Waals surface area contributed by atoms with Gasteiger partial charge in [-0.1, -0.05) is 0 Å². The largest absolute Gasteiger partial charge is 0.462 e. The molecule has 0 N–H and O–H groups in total. The highest BCUT2D eigenvalue weighted by molar-refractivity contribution is 14.1. The molecule has 3 rings (SSSR count). The van der Waals surface area contributed by atoms with Crippen molar-refractivity contribution in [2.75, 3.05) is 6.61 Å². The minimum Gasteiger partial charge on any atom is -0.462 e. The Bertz CT molecular complexity index is 766. The second-order valence-corrected chi connectivity index (χ2v) is 5.75. The highest BCUT2D eigenvalue weighted by Crippen LogP contribution is 2.25. The van der Waals surface area contributed by atoms with E-state index in [0.29, 0.717) is 18.7 Å². The van der Waals surface area contributed by atoms with Gasteiger partial charge in [0, 0.05) is 20.7 Å². The van der Waals surface area contributed by atoms with Crippen molar-refractivity contribution < 1.29 is 14.3 Å². The zero-order valence-corrected chi connectivity index (χ0v) is 13.0. The monoisotopic (exact) mass is 385 g/mol. The summed E-state index contributed by atoms with van der Waals surface area (Å²) in [7, 11) is 0. The normalized spacial score (nSPS) is 13.5. The van der Waals surface area contributed by atoms with E-state index < -0.39 is 5.97 Å². The summed E-state index contributed by atoms with van der Waals surface area (Å²) in [5, 5.41) is 0.542. The van der Waals surface area contributed by atoms with Gasteiger partial charge in [-0.15, -0.1) is 0 Å². The third kappa shape index (κ3) is 2.12. The maximum atomic E-state index is 12.5. The molecule has 6 heteroatoms. The van der Waals surface area contributed by atoms with Gasteiger partial charge in [-0.2, -0.15) is 0 Å². The molecule has 5 nitrogen and oxygen atoms in total. The zero-order valence-electron chi connectivity index (χ0n) is 10.8. The summed E-state index contributed by atoms with van der Waals surface area (Å²) in [5.41, 5.74) is 1.58. The second-order valence-electron chi connectivity index (χ2n) is 4.50. The second kappa shape index (κ2) is 5.17. The van der Waals surface area contributed by atoms with Crippen LogP contribution < -0.4 is 5.43 Å². The van der Waals surface area contributed by atoms with Gasteiger partial charge in [-0.3, -0.25) is 4.79 Å². The summed E-state index contributed by atoms with van der Waals surface area (Å²) < 4.78 is 13.2. The van der Waals surface area contributed by atoms with E-state index in [-0.39, 0.29) is 17.6 Å². The van der Waals surface area contributed by atoms with Crippen molar-refractivity contribution in [3.8, 4) is 0 Å². The quantitative estimate of drug-likeness (QED) is 0.588. The fourth-order valence-electron chi connectivity index (χ4n) is 2.41. The van der Waals surface area contributed by atoms with E-state index in [0.717, 1.165) is 14.7 Å². The summed E-state index contributed by atoms with van der Waals surface area (Å²) in [6.07, 6.45) is 1.53. The molecule has 20 heavy (non-hydrogen) atoms. The number of ether oxygens (including phenoxy) is 2. The third-order valence-electron chi connectivity index (χ3n) is 3.20. The van der Waals surface area contributed by atoms with Gasteiger partial charge in [0.05, 0.1) is 18.7 Å². The minimum absolute atomic E-state index is 0.0535. The Morgan fingerprint density at radius 3 is 3.05 bits per heavy atom. The van der Waals surface area contributed by atoms with Gasteiger partial charge in [0.1, 0.15) is 12.3 Å². The fraction of sp³-hybridized carbons (Fsp3) is 0.286. The number of hydrogen-bond acceptors (Lipinski definition) is 4. The van der Waals surface area contributed by atoms with Gasteiger partial charge in [0.2, 0.25) is 5.43 Å². The smallest absolute Gasteiger partial charge is 0.343 e. The topological polar surface area (TPSA) is 57.5 Å². The maximum absolute atomic E-state index is 12.5. The highest BCUT2D eigenvalue weighted by atomic mass is 127. The van der Waals surface area contributed by atoms with Crippen molar-refractivity contribution in [1.82, 2.24) is 4.57 Å². The van der Waals surface area contributed by atoms with Crippen LogP contribution in [0.3, 0.4) is 0 Å². The fourth-order valence-corrected chi connectivity index (χ4v) is 3.10. The van der Waals surface area contributed by atoms with Gasteiger partial charge in [-0.05, 0) is 41.6 Å². The first kappa shape index (κ1) is 13.6. The van der Waals surface area contributed by atoms with Gasteiger partial charge in [-0.25, -0.2) is 4.79 Å². The molecule has 0 fully saturated rings. The Kier molecular flexibility index (Phi) is 3.51. The molecule has 0 saturated heterocycles. The summed E-state index contributed by atoms with van der Waals surface area (Å²) in [5.74, 6) is -0.589. The first-order valence-electron chi connectivity index (χ1n) is 6.22. The van der Waals surface area contributed by atoms with Crippen molar-refractivity contribution in [3.05, 3.63) is 43.2 Å². The lowest BCUT2D eigenvalue weighted by atomic mass is 10.1. The van der Waals surface area contributed by atoms with Crippen LogP contribution >= 0.6 is 22.6 Å². The molecule has 0 aliphatic carbocycles. The molecule has 1 aromatic carbocycles. The number of carbonyl (C=O) groups excluding carboxylic acids is 1. The zero-order chi connectivity index (χ0) is 14.3. The molecule has 2 heterocycles. The Hall–Kier alpha value is -1.41. The molecule has 0 saturated carbocycles. The predicted octanol–water partition coefficient (Wildman–Crippen LogP) is 2.27. The van der Waals surface area contributed by atoms with Gasteiger partial charge >= 0.3 is 5.97 Å². The number of pyridine rings is 1. The van der Waals surface area contributed by atoms with Crippen LogP contribution in [0, 0.1) is 3.57 Å². The van der Waals surface area contributed by atoms with E-state index in [1.165, 1.54) is 6.20 Å². The minimum atomic E-state index is -0.589. The van der Waals surface area contributed by atoms with Crippen molar-refractivity contribution >= 4 is 39.5 Å². The van der Waals surface area contributed by atoms with Gasteiger partial charge in [0.25, 0.3) is 0 Å². The number of aromatic nitrogens is 1. The highest BCUT2D eigenvalue weighted by Gasteiger charge is 2.20. The Morgan fingerprint density at radius 2 is 2.30 bits per heavy atom. The van der Waals surface area contributed by atoms with E-state index in [4.69, 9.17) is 9.47 Å². The molecule has 0 unspecified atom stereocenters. The van der Waals surface area contributed by atoms with Crippen LogP contribution in [0.5, 0.6) is 0 Å². The SMILES string of the molecule is CCOC(=O)c1cn2c3c(cc(I)cc3c1=O)COC2. The summed E-state index contributed by atoms with van der Waals surface area (Å²) in [6, 6.07) is 3.79. The molecule has 1 aliphatic rings. The molecule has 0 spiro atoms. The van der Waals surface area contributed by atoms with Crippen LogP contribution in [0.25, 0.3) is 10.9 Å². The average molecular weight is 385 g/mol. The van der Waals surface area contributed by atoms with Crippen LogP contribution in [0.1, 0.15) is 22.8 Å². The average Bonchev–Trinajstić information content (AvgIpc) is 2.42. The van der Waals surface area contributed by atoms with E-state index in [1.54, 1.807) is 17.6 Å². The van der Waals surface area contributed by atoms with E-state index in [2.05, 4.69) is 22.6 Å². The molecule has 104 valence electrons. The lowest BCUT2D eigenvalue weighted by Crippen LogP contribution is -2.24. The third-order valence-corrected chi connectivity index (χ3v) is 3.82. The first-order valence-corrected chi connectivity index (χ1v) is 7.30.